The lowest BCUT2D eigenvalue weighted by atomic mass is 9.79. The van der Waals surface area contributed by atoms with E-state index in [1.54, 1.807) is 4.90 Å². The van der Waals surface area contributed by atoms with Gasteiger partial charge in [-0.1, -0.05) is 138 Å². The molecule has 0 radical (unpaired) electrons. The number of esters is 1. The van der Waals surface area contributed by atoms with Gasteiger partial charge in [0.2, 0.25) is 9.70 Å². The first kappa shape index (κ1) is 26.1. The maximum Gasteiger partial charge on any atom is 0.356 e. The molecule has 2 aliphatic rings. The fourth-order valence-electron chi connectivity index (χ4n) is 5.25. The van der Waals surface area contributed by atoms with Gasteiger partial charge in [-0.15, -0.1) is 0 Å². The van der Waals surface area contributed by atoms with Crippen LogP contribution in [0.3, 0.4) is 0 Å². The average Bonchev–Trinajstić information content (AvgIpc) is 2.92. The molecule has 1 saturated heterocycles. The van der Waals surface area contributed by atoms with E-state index in [-0.39, 0.29) is 17.9 Å². The number of likely N-dealkylation sites (tertiary alicyclic amines) is 1. The second-order valence-corrected chi connectivity index (χ2v) is 14.8. The molecule has 3 aromatic rings. The van der Waals surface area contributed by atoms with Gasteiger partial charge in [-0.2, -0.15) is 0 Å². The molecule has 8 heteroatoms. The Morgan fingerprint density at radius 2 is 1.27 bits per heavy atom. The van der Waals surface area contributed by atoms with Crippen molar-refractivity contribution in [3.05, 3.63) is 103 Å². The number of hydrogen-bond donors (Lipinski definition) is 0. The second kappa shape index (κ2) is 10.7. The van der Waals surface area contributed by atoms with Gasteiger partial charge in [-0.25, -0.2) is 4.79 Å². The quantitative estimate of drug-likeness (QED) is 0.134. The Hall–Kier alpha value is -2.49. The predicted molar refractivity (Wildman–Crippen MR) is 154 cm³/mol. The van der Waals surface area contributed by atoms with E-state index in [4.69, 9.17) is 39.5 Å². The number of ether oxygens (including phenoxy) is 1. The van der Waals surface area contributed by atoms with Crippen molar-refractivity contribution >= 4 is 74.9 Å². The molecule has 0 bridgehead atoms. The van der Waals surface area contributed by atoms with Crippen molar-refractivity contribution in [1.82, 2.24) is 4.90 Å². The van der Waals surface area contributed by atoms with Gasteiger partial charge in [0.25, 0.3) is 0 Å². The smallest absolute Gasteiger partial charge is 0.356 e. The fourth-order valence-corrected chi connectivity index (χ4v) is 9.81. The summed E-state index contributed by atoms with van der Waals surface area (Å²) in [4.78, 5) is 29.6. The molecule has 3 aromatic carbocycles. The molecule has 1 heterocycles. The number of fused-ring (bicyclic) bond motifs is 1. The van der Waals surface area contributed by atoms with Crippen molar-refractivity contribution in [2.45, 2.75) is 22.7 Å². The van der Waals surface area contributed by atoms with E-state index in [1.807, 2.05) is 97.1 Å². The Labute approximate surface area is 231 Å². The van der Waals surface area contributed by atoms with Crippen LogP contribution in [0.2, 0.25) is 0 Å². The summed E-state index contributed by atoms with van der Waals surface area (Å²) in [6, 6.07) is 29.4. The number of carbonyl (C=O) groups excluding carboxylic acids is 2. The van der Waals surface area contributed by atoms with Gasteiger partial charge in [0.1, 0.15) is 12.0 Å². The minimum atomic E-state index is -2.93. The van der Waals surface area contributed by atoms with Crippen molar-refractivity contribution in [3.63, 3.8) is 0 Å². The first-order valence-electron chi connectivity index (χ1n) is 12.0. The first-order chi connectivity index (χ1) is 17.8. The lowest BCUT2D eigenvalue weighted by Gasteiger charge is -2.50. The first-order valence-corrected chi connectivity index (χ1v) is 14.9. The van der Waals surface area contributed by atoms with E-state index >= 15 is 0 Å². The van der Waals surface area contributed by atoms with E-state index in [9.17, 15) is 9.59 Å². The largest absolute Gasteiger partial charge is 0.456 e. The predicted octanol–water partition coefficient (Wildman–Crippen LogP) is 5.20. The number of alkyl halides is 3. The Bertz CT molecular complexity index is 1270. The number of halogens is 3. The van der Waals surface area contributed by atoms with Crippen LogP contribution in [0.1, 0.15) is 12.8 Å². The molecular formula is C29H25Cl3NO3P. The summed E-state index contributed by atoms with van der Waals surface area (Å²) in [6.45, 7) is -3.37. The van der Waals surface area contributed by atoms with Crippen LogP contribution in [0.25, 0.3) is 0 Å². The van der Waals surface area contributed by atoms with Crippen LogP contribution in [0.4, 0.5) is 0 Å². The van der Waals surface area contributed by atoms with Crippen molar-refractivity contribution in [2.24, 2.45) is 5.92 Å². The van der Waals surface area contributed by atoms with Crippen molar-refractivity contribution in [1.29, 1.82) is 0 Å². The van der Waals surface area contributed by atoms with E-state index in [1.165, 1.54) is 0 Å². The van der Waals surface area contributed by atoms with Crippen molar-refractivity contribution < 1.29 is 14.3 Å². The zero-order valence-corrected chi connectivity index (χ0v) is 23.0. The number of nitrogens with zero attached hydrogens (tertiary/aromatic N) is 1. The molecule has 1 aliphatic carbocycles. The van der Waals surface area contributed by atoms with Gasteiger partial charge in [0.05, 0.1) is 12.0 Å². The summed E-state index contributed by atoms with van der Waals surface area (Å²) in [5.41, 5.74) is 0.312. The summed E-state index contributed by atoms with van der Waals surface area (Å²) in [6.07, 6.45) is 5.42. The van der Waals surface area contributed by atoms with Crippen LogP contribution >= 0.6 is 41.7 Å². The second-order valence-electron chi connectivity index (χ2n) is 9.02. The van der Waals surface area contributed by atoms with Crippen LogP contribution in [-0.2, 0) is 14.3 Å². The van der Waals surface area contributed by atoms with E-state index < -0.39 is 23.3 Å². The highest BCUT2D eigenvalue weighted by Crippen LogP contribution is 2.50. The molecule has 190 valence electrons. The highest BCUT2D eigenvalue weighted by atomic mass is 35.6. The highest BCUT2D eigenvalue weighted by molar-refractivity contribution is 7.96. The summed E-state index contributed by atoms with van der Waals surface area (Å²) in [5.74, 6) is -0.898. The van der Waals surface area contributed by atoms with Gasteiger partial charge >= 0.3 is 5.97 Å². The summed E-state index contributed by atoms with van der Waals surface area (Å²) >= 11 is 17.9. The number of hydrogen-bond acceptors (Lipinski definition) is 3. The third-order valence-electron chi connectivity index (χ3n) is 6.81. The number of β-lactam (4-membered cyclic amide) rings is 1. The van der Waals surface area contributed by atoms with Crippen LogP contribution in [0, 0.1) is 5.92 Å². The van der Waals surface area contributed by atoms with Crippen LogP contribution in [-0.4, -0.2) is 38.6 Å². The Morgan fingerprint density at radius 3 is 1.73 bits per heavy atom. The SMILES string of the molecule is O=C(OCC(Cl)(Cl)Cl)C(N1C(=O)C2CC=CCC21)=P(c1ccccc1)(c1ccccc1)c1ccccc1. The third-order valence-corrected chi connectivity index (χ3v) is 11.4. The summed E-state index contributed by atoms with van der Waals surface area (Å²) in [5, 5.41) is 2.78. The summed E-state index contributed by atoms with van der Waals surface area (Å²) < 4.78 is 3.88. The number of benzene rings is 3. The van der Waals surface area contributed by atoms with Crippen molar-refractivity contribution in [3.8, 4) is 0 Å². The highest BCUT2D eigenvalue weighted by Gasteiger charge is 2.53. The molecule has 0 spiro atoms. The average molecular weight is 573 g/mol. The molecule has 0 aromatic heterocycles. The van der Waals surface area contributed by atoms with E-state index in [0.717, 1.165) is 15.9 Å². The molecule has 2 unspecified atom stereocenters. The molecule has 37 heavy (non-hydrogen) atoms. The molecule has 1 amide bonds. The zero-order chi connectivity index (χ0) is 26.0. The third kappa shape index (κ3) is 4.89. The molecule has 0 N–H and O–H groups in total. The lowest BCUT2D eigenvalue weighted by molar-refractivity contribution is -0.151. The molecule has 0 saturated carbocycles. The maximum atomic E-state index is 14.2. The molecule has 1 aliphatic heterocycles. The standard InChI is InChI=1S/C29H25Cl3NO3P/c30-29(31,32)20-36-28(35)27(33-25-19-11-10-18-24(25)26(33)34)37(21-12-4-1-5-13-21,22-14-6-2-7-15-22)23-16-8-3-9-17-23/h1-17,24-25H,18-20H2. The van der Waals surface area contributed by atoms with E-state index in [2.05, 4.69) is 6.08 Å². The van der Waals surface area contributed by atoms with Gasteiger partial charge < -0.3 is 9.64 Å². The fraction of sp³-hybridized carbons (Fsp3) is 0.207. The minimum Gasteiger partial charge on any atom is -0.456 e. The lowest BCUT2D eigenvalue weighted by Crippen LogP contribution is -2.66. The van der Waals surface area contributed by atoms with Gasteiger partial charge in [0, 0.05) is 6.89 Å². The van der Waals surface area contributed by atoms with E-state index in [0.29, 0.717) is 18.3 Å². The Kier molecular flexibility index (Phi) is 7.56. The molecule has 4 nitrogen and oxygen atoms in total. The van der Waals surface area contributed by atoms with Crippen molar-refractivity contribution in [2.75, 3.05) is 6.61 Å². The maximum absolute atomic E-state index is 14.2. The van der Waals surface area contributed by atoms with Crippen LogP contribution in [0.15, 0.2) is 103 Å². The topological polar surface area (TPSA) is 46.6 Å². The zero-order valence-electron chi connectivity index (χ0n) is 19.8. The number of carbonyl (C=O) groups is 2. The molecule has 5 rings (SSSR count). The monoisotopic (exact) mass is 571 g/mol. The Balaban J connectivity index is 1.90. The number of rotatable bonds is 6. The number of allylic oxidation sites excluding steroid dienone is 1. The van der Waals surface area contributed by atoms with Gasteiger partial charge in [-0.05, 0) is 28.8 Å². The van der Waals surface area contributed by atoms with Gasteiger partial charge in [0.15, 0.2) is 0 Å². The minimum absolute atomic E-state index is 0.0812. The van der Waals surface area contributed by atoms with Gasteiger partial charge in [-0.3, -0.25) is 4.79 Å². The molecule has 1 fully saturated rings. The van der Waals surface area contributed by atoms with Crippen LogP contribution in [0.5, 0.6) is 0 Å². The number of amides is 1. The summed E-state index contributed by atoms with van der Waals surface area (Å²) in [7, 11) is 0. The molecule has 2 atom stereocenters. The normalized spacial score (nSPS) is 19.1. The van der Waals surface area contributed by atoms with Crippen LogP contribution < -0.4 is 15.9 Å². The molecular weight excluding hydrogens is 548 g/mol. The Morgan fingerprint density at radius 1 is 0.811 bits per heavy atom.